The van der Waals surface area contributed by atoms with E-state index in [0.29, 0.717) is 24.2 Å². The number of alkyl halides is 2. The first-order chi connectivity index (χ1) is 16.4. The molecule has 0 radical (unpaired) electrons. The number of imidazole rings is 1. The standard InChI is InChI=1S/C22H23F3N4O5S/c1-13-19(20(30)28-22(2)5-7-35(31,32)8-6-22)27-18-4-3-15(11-29(13)18)34-21-16(33-12-17(24)25)9-14(23)10-26-21/h3-4,9-11,17H,5-8,12H2,1-2H3,(H,28,30). The largest absolute Gasteiger partial charge is 0.482 e. The summed E-state index contributed by atoms with van der Waals surface area (Å²) in [5.74, 6) is -1.46. The molecule has 1 amide bonds. The van der Waals surface area contributed by atoms with Gasteiger partial charge in [0.15, 0.2) is 5.75 Å². The minimum atomic E-state index is -3.08. The number of halogens is 3. The molecule has 0 spiro atoms. The highest BCUT2D eigenvalue weighted by molar-refractivity contribution is 7.91. The molecule has 1 aliphatic rings. The molecule has 1 saturated heterocycles. The van der Waals surface area contributed by atoms with Crippen molar-refractivity contribution in [1.29, 1.82) is 0 Å². The molecular formula is C22H23F3N4O5S. The fourth-order valence-corrected chi connectivity index (χ4v) is 5.44. The van der Waals surface area contributed by atoms with Gasteiger partial charge in [0, 0.05) is 11.6 Å². The van der Waals surface area contributed by atoms with Crippen LogP contribution in [-0.4, -0.2) is 58.8 Å². The van der Waals surface area contributed by atoms with Gasteiger partial charge in [0.05, 0.1) is 29.6 Å². The maximum Gasteiger partial charge on any atom is 0.272 e. The van der Waals surface area contributed by atoms with Gasteiger partial charge in [-0.1, -0.05) is 0 Å². The van der Waals surface area contributed by atoms with E-state index in [-0.39, 0.29) is 34.6 Å². The Hall–Kier alpha value is -3.35. The zero-order valence-electron chi connectivity index (χ0n) is 18.9. The highest BCUT2D eigenvalue weighted by Gasteiger charge is 2.35. The molecule has 9 nitrogen and oxygen atoms in total. The van der Waals surface area contributed by atoms with E-state index in [9.17, 15) is 26.4 Å². The number of aromatic nitrogens is 3. The van der Waals surface area contributed by atoms with Crippen LogP contribution in [0.25, 0.3) is 5.65 Å². The Morgan fingerprint density at radius 1 is 1.29 bits per heavy atom. The van der Waals surface area contributed by atoms with Gasteiger partial charge in [0.2, 0.25) is 0 Å². The number of hydrogen-bond donors (Lipinski definition) is 1. The summed E-state index contributed by atoms with van der Waals surface area (Å²) in [5.41, 5.74) is 0.438. The summed E-state index contributed by atoms with van der Waals surface area (Å²) in [7, 11) is -3.08. The quantitative estimate of drug-likeness (QED) is 0.517. The number of sulfone groups is 1. The second-order valence-electron chi connectivity index (χ2n) is 8.57. The molecule has 1 N–H and O–H groups in total. The monoisotopic (exact) mass is 512 g/mol. The lowest BCUT2D eigenvalue weighted by atomic mass is 9.94. The maximum absolute atomic E-state index is 13.5. The lowest BCUT2D eigenvalue weighted by Crippen LogP contribution is -2.51. The third-order valence-corrected chi connectivity index (χ3v) is 7.41. The molecule has 3 aromatic rings. The molecule has 188 valence electrons. The van der Waals surface area contributed by atoms with Gasteiger partial charge in [-0.2, -0.15) is 0 Å². The van der Waals surface area contributed by atoms with Gasteiger partial charge in [-0.3, -0.25) is 9.20 Å². The van der Waals surface area contributed by atoms with E-state index in [2.05, 4.69) is 15.3 Å². The van der Waals surface area contributed by atoms with Crippen LogP contribution in [0.4, 0.5) is 13.2 Å². The highest BCUT2D eigenvalue weighted by Crippen LogP contribution is 2.31. The molecule has 1 fully saturated rings. The van der Waals surface area contributed by atoms with Crippen LogP contribution in [0.1, 0.15) is 35.9 Å². The minimum Gasteiger partial charge on any atom is -0.482 e. The Labute approximate surface area is 199 Å². The number of ether oxygens (including phenoxy) is 2. The van der Waals surface area contributed by atoms with Crippen molar-refractivity contribution < 1.29 is 35.9 Å². The Balaban J connectivity index is 1.55. The first-order valence-corrected chi connectivity index (χ1v) is 12.5. The topological polar surface area (TPSA) is 112 Å². The van der Waals surface area contributed by atoms with Gasteiger partial charge < -0.3 is 14.8 Å². The summed E-state index contributed by atoms with van der Waals surface area (Å²) in [6.07, 6.45) is 0.245. The Morgan fingerprint density at radius 2 is 2.00 bits per heavy atom. The van der Waals surface area contributed by atoms with Crippen LogP contribution in [0.2, 0.25) is 0 Å². The van der Waals surface area contributed by atoms with Crippen LogP contribution in [0.15, 0.2) is 30.6 Å². The third kappa shape index (κ3) is 5.66. The molecule has 0 aromatic carbocycles. The average molecular weight is 513 g/mol. The van der Waals surface area contributed by atoms with Gasteiger partial charge in [0.25, 0.3) is 18.2 Å². The summed E-state index contributed by atoms with van der Waals surface area (Å²) in [6, 6.07) is 4.00. The average Bonchev–Trinajstić information content (AvgIpc) is 3.12. The van der Waals surface area contributed by atoms with Crippen molar-refractivity contribution in [3.05, 3.63) is 47.8 Å². The Bertz CT molecular complexity index is 1360. The predicted octanol–water partition coefficient (Wildman–Crippen LogP) is 3.31. The number of fused-ring (bicyclic) bond motifs is 1. The van der Waals surface area contributed by atoms with Crippen molar-refractivity contribution in [1.82, 2.24) is 19.7 Å². The summed E-state index contributed by atoms with van der Waals surface area (Å²) < 4.78 is 74.2. The van der Waals surface area contributed by atoms with Gasteiger partial charge in [-0.15, -0.1) is 0 Å². The van der Waals surface area contributed by atoms with E-state index >= 15 is 0 Å². The van der Waals surface area contributed by atoms with E-state index in [0.717, 1.165) is 12.3 Å². The van der Waals surface area contributed by atoms with Gasteiger partial charge >= 0.3 is 0 Å². The smallest absolute Gasteiger partial charge is 0.272 e. The van der Waals surface area contributed by atoms with E-state index in [1.807, 2.05) is 0 Å². The minimum absolute atomic E-state index is 0.00899. The van der Waals surface area contributed by atoms with E-state index < -0.39 is 40.1 Å². The maximum atomic E-state index is 13.5. The van der Waals surface area contributed by atoms with Crippen LogP contribution >= 0.6 is 0 Å². The normalized spacial score (nSPS) is 16.9. The Kier molecular flexibility index (Phi) is 6.62. The molecule has 35 heavy (non-hydrogen) atoms. The lowest BCUT2D eigenvalue weighted by Gasteiger charge is -2.34. The van der Waals surface area contributed by atoms with Crippen LogP contribution in [-0.2, 0) is 9.84 Å². The number of carbonyl (C=O) groups excluding carboxylic acids is 1. The number of carbonyl (C=O) groups is 1. The predicted molar refractivity (Wildman–Crippen MR) is 119 cm³/mol. The van der Waals surface area contributed by atoms with E-state index in [1.54, 1.807) is 24.3 Å². The zero-order valence-corrected chi connectivity index (χ0v) is 19.7. The van der Waals surface area contributed by atoms with Crippen molar-refractivity contribution in [2.45, 2.75) is 38.7 Å². The van der Waals surface area contributed by atoms with Crippen LogP contribution in [0.5, 0.6) is 17.4 Å². The lowest BCUT2D eigenvalue weighted by molar-refractivity contribution is 0.0802. The number of nitrogens with one attached hydrogen (secondary N) is 1. The van der Waals surface area contributed by atoms with Crippen LogP contribution < -0.4 is 14.8 Å². The molecule has 0 atom stereocenters. The van der Waals surface area contributed by atoms with Gasteiger partial charge in [-0.05, 0) is 38.8 Å². The molecular weight excluding hydrogens is 489 g/mol. The number of nitrogens with zero attached hydrogens (tertiary/aromatic N) is 3. The number of hydrogen-bond acceptors (Lipinski definition) is 7. The molecule has 4 rings (SSSR count). The molecule has 4 heterocycles. The van der Waals surface area contributed by atoms with Crippen molar-refractivity contribution in [3.8, 4) is 17.4 Å². The SMILES string of the molecule is Cc1c(C(=O)NC2(C)CCS(=O)(=O)CC2)nc2ccc(Oc3ncc(F)cc3OCC(F)F)cn12. The second-order valence-corrected chi connectivity index (χ2v) is 10.9. The molecule has 13 heteroatoms. The number of aryl methyl sites for hydroxylation is 1. The summed E-state index contributed by atoms with van der Waals surface area (Å²) >= 11 is 0. The third-order valence-electron chi connectivity index (χ3n) is 5.75. The van der Waals surface area contributed by atoms with Gasteiger partial charge in [0.1, 0.15) is 39.4 Å². The molecule has 0 bridgehead atoms. The molecule has 3 aromatic heterocycles. The van der Waals surface area contributed by atoms with Crippen molar-refractivity contribution in [2.24, 2.45) is 0 Å². The molecule has 0 aliphatic carbocycles. The summed E-state index contributed by atoms with van der Waals surface area (Å²) in [5, 5.41) is 2.91. The van der Waals surface area contributed by atoms with Crippen molar-refractivity contribution in [2.75, 3.05) is 18.1 Å². The van der Waals surface area contributed by atoms with Crippen molar-refractivity contribution >= 4 is 21.4 Å². The molecule has 0 saturated carbocycles. The molecule has 1 aliphatic heterocycles. The Morgan fingerprint density at radius 3 is 2.69 bits per heavy atom. The van der Waals surface area contributed by atoms with Crippen LogP contribution in [0.3, 0.4) is 0 Å². The number of pyridine rings is 2. The molecule has 0 unspecified atom stereocenters. The highest BCUT2D eigenvalue weighted by atomic mass is 32.2. The fraction of sp³-hybridized carbons (Fsp3) is 0.409. The summed E-state index contributed by atoms with van der Waals surface area (Å²) in [4.78, 5) is 21.1. The van der Waals surface area contributed by atoms with E-state index in [4.69, 9.17) is 9.47 Å². The van der Waals surface area contributed by atoms with Crippen LogP contribution in [0, 0.1) is 12.7 Å². The van der Waals surface area contributed by atoms with E-state index in [1.165, 1.54) is 12.3 Å². The van der Waals surface area contributed by atoms with Crippen molar-refractivity contribution in [3.63, 3.8) is 0 Å². The summed E-state index contributed by atoms with van der Waals surface area (Å²) in [6.45, 7) is 2.53. The zero-order chi connectivity index (χ0) is 25.4. The second kappa shape index (κ2) is 9.36. The number of rotatable bonds is 7. The first-order valence-electron chi connectivity index (χ1n) is 10.7. The first kappa shape index (κ1) is 24.8. The number of amides is 1. The fourth-order valence-electron chi connectivity index (χ4n) is 3.72. The van der Waals surface area contributed by atoms with Gasteiger partial charge in [-0.25, -0.2) is 31.6 Å².